The van der Waals surface area contributed by atoms with E-state index in [9.17, 15) is 14.7 Å². The van der Waals surface area contributed by atoms with Gasteiger partial charge in [0.1, 0.15) is 23.2 Å². The van der Waals surface area contributed by atoms with Gasteiger partial charge in [-0.2, -0.15) is 5.10 Å². The Morgan fingerprint density at radius 1 is 1.19 bits per heavy atom. The Labute approximate surface area is 179 Å². The fourth-order valence-electron chi connectivity index (χ4n) is 4.31. The largest absolute Gasteiger partial charge is 0.508 e. The van der Waals surface area contributed by atoms with Crippen LogP contribution in [-0.2, 0) is 4.79 Å². The van der Waals surface area contributed by atoms with E-state index < -0.39 is 6.04 Å². The van der Waals surface area contributed by atoms with Crippen LogP contribution in [0.15, 0.2) is 66.0 Å². The van der Waals surface area contributed by atoms with E-state index in [2.05, 4.69) is 15.7 Å². The smallest absolute Gasteiger partial charge is 0.261 e. The average molecular weight is 414 g/mol. The van der Waals surface area contributed by atoms with Gasteiger partial charge in [-0.3, -0.25) is 9.59 Å². The van der Waals surface area contributed by atoms with Gasteiger partial charge in [0, 0.05) is 23.4 Å². The Morgan fingerprint density at radius 3 is 2.77 bits per heavy atom. The van der Waals surface area contributed by atoms with Crippen molar-refractivity contribution in [1.29, 1.82) is 0 Å². The fraction of sp³-hybridized carbons (Fsp3) is 0.208. The molecule has 0 fully saturated rings. The molecule has 0 radical (unpaired) electrons. The fourth-order valence-corrected chi connectivity index (χ4v) is 4.31. The van der Waals surface area contributed by atoms with Gasteiger partial charge >= 0.3 is 0 Å². The number of nitrogens with one attached hydrogen (secondary N) is 2. The van der Waals surface area contributed by atoms with Crippen LogP contribution in [0.4, 0.5) is 11.5 Å². The number of phenols is 1. The topological polar surface area (TPSA) is 96.3 Å². The first kappa shape index (κ1) is 19.1. The maximum absolute atomic E-state index is 13.1. The van der Waals surface area contributed by atoms with Crippen LogP contribution < -0.4 is 10.6 Å². The molecule has 7 heteroatoms. The first-order valence-corrected chi connectivity index (χ1v) is 10.3. The zero-order chi connectivity index (χ0) is 21.5. The second-order valence-electron chi connectivity index (χ2n) is 7.96. The molecule has 0 saturated heterocycles. The third-order valence-electron chi connectivity index (χ3n) is 5.77. The van der Waals surface area contributed by atoms with E-state index in [1.165, 1.54) is 6.20 Å². The minimum Gasteiger partial charge on any atom is -0.508 e. The van der Waals surface area contributed by atoms with Crippen molar-refractivity contribution >= 4 is 23.2 Å². The van der Waals surface area contributed by atoms with Crippen LogP contribution in [0.3, 0.4) is 0 Å². The van der Waals surface area contributed by atoms with Crippen molar-refractivity contribution in [3.63, 3.8) is 0 Å². The second kappa shape index (κ2) is 7.43. The summed E-state index contributed by atoms with van der Waals surface area (Å²) in [4.78, 5) is 25.9. The van der Waals surface area contributed by atoms with Crippen molar-refractivity contribution in [2.24, 2.45) is 0 Å². The molecular formula is C24H22N4O3. The highest BCUT2D eigenvalue weighted by Gasteiger charge is 2.37. The minimum absolute atomic E-state index is 0.0822. The number of aryl methyl sites for hydroxylation is 1. The van der Waals surface area contributed by atoms with E-state index in [0.717, 1.165) is 29.7 Å². The molecule has 1 aliphatic carbocycles. The summed E-state index contributed by atoms with van der Waals surface area (Å²) >= 11 is 0. The summed E-state index contributed by atoms with van der Waals surface area (Å²) in [5, 5.41) is 20.4. The highest BCUT2D eigenvalue weighted by molar-refractivity contribution is 6.08. The van der Waals surface area contributed by atoms with Crippen molar-refractivity contribution in [2.45, 2.75) is 32.2 Å². The van der Waals surface area contributed by atoms with Crippen LogP contribution in [0.2, 0.25) is 0 Å². The van der Waals surface area contributed by atoms with Crippen LogP contribution in [0.1, 0.15) is 46.8 Å². The number of carbonyl (C=O) groups is 2. The van der Waals surface area contributed by atoms with Gasteiger partial charge in [-0.1, -0.05) is 24.3 Å². The molecule has 1 aromatic heterocycles. The first-order chi connectivity index (χ1) is 15.0. The summed E-state index contributed by atoms with van der Waals surface area (Å²) in [7, 11) is 0. The summed E-state index contributed by atoms with van der Waals surface area (Å²) in [6.07, 6.45) is 3.53. The third kappa shape index (κ3) is 3.38. The van der Waals surface area contributed by atoms with Gasteiger partial charge < -0.3 is 15.7 Å². The number of rotatable bonds is 3. The highest BCUT2D eigenvalue weighted by Crippen LogP contribution is 2.41. The van der Waals surface area contributed by atoms with E-state index in [4.69, 9.17) is 0 Å². The molecule has 0 bridgehead atoms. The minimum atomic E-state index is -0.444. The van der Waals surface area contributed by atoms with Gasteiger partial charge in [0.05, 0.1) is 6.20 Å². The summed E-state index contributed by atoms with van der Waals surface area (Å²) in [5.74, 6) is 0.533. The third-order valence-corrected chi connectivity index (χ3v) is 5.77. The van der Waals surface area contributed by atoms with Gasteiger partial charge in [0.2, 0.25) is 0 Å². The number of anilines is 2. The molecule has 7 nitrogen and oxygen atoms in total. The SMILES string of the molecule is Cc1cccc(NC(=O)c2cnn3c2NC2=C(C(=O)CCC2)C3c2ccc(O)cc2)c1. The van der Waals surface area contributed by atoms with Gasteiger partial charge in [-0.25, -0.2) is 4.68 Å². The summed E-state index contributed by atoms with van der Waals surface area (Å²) in [6.45, 7) is 1.97. The van der Waals surface area contributed by atoms with Crippen molar-refractivity contribution in [3.8, 4) is 5.75 Å². The molecule has 2 heterocycles. The average Bonchev–Trinajstić information content (AvgIpc) is 3.17. The summed E-state index contributed by atoms with van der Waals surface area (Å²) < 4.78 is 1.69. The molecule has 1 unspecified atom stereocenters. The lowest BCUT2D eigenvalue weighted by Crippen LogP contribution is -2.32. The Hall–Kier alpha value is -3.87. The van der Waals surface area contributed by atoms with Crippen molar-refractivity contribution in [1.82, 2.24) is 9.78 Å². The Morgan fingerprint density at radius 2 is 2.00 bits per heavy atom. The zero-order valence-electron chi connectivity index (χ0n) is 17.1. The van der Waals surface area contributed by atoms with Crippen molar-refractivity contribution in [2.75, 3.05) is 10.6 Å². The normalized spacial score (nSPS) is 17.6. The number of aromatic hydroxyl groups is 1. The molecule has 0 spiro atoms. The Kier molecular flexibility index (Phi) is 4.58. The van der Waals surface area contributed by atoms with Crippen LogP contribution in [-0.4, -0.2) is 26.6 Å². The molecular weight excluding hydrogens is 392 g/mol. The highest BCUT2D eigenvalue weighted by atomic mass is 16.3. The maximum Gasteiger partial charge on any atom is 0.261 e. The number of benzene rings is 2. The van der Waals surface area contributed by atoms with Crippen LogP contribution in [0, 0.1) is 6.92 Å². The van der Waals surface area contributed by atoms with Gasteiger partial charge in [-0.05, 0) is 55.2 Å². The molecule has 1 aliphatic heterocycles. The van der Waals surface area contributed by atoms with Crippen molar-refractivity contribution in [3.05, 3.63) is 82.7 Å². The number of Topliss-reactive ketones (excluding diaryl/α,β-unsaturated/α-hetero) is 1. The molecule has 1 atom stereocenters. The molecule has 3 aromatic rings. The number of allylic oxidation sites excluding steroid dienone is 2. The number of carbonyl (C=O) groups excluding carboxylic acids is 2. The van der Waals surface area contributed by atoms with Crippen LogP contribution in [0.5, 0.6) is 5.75 Å². The molecule has 5 rings (SSSR count). The molecule has 31 heavy (non-hydrogen) atoms. The van der Waals surface area contributed by atoms with Gasteiger partial charge in [0.25, 0.3) is 5.91 Å². The monoisotopic (exact) mass is 414 g/mol. The quantitative estimate of drug-likeness (QED) is 0.598. The number of fused-ring (bicyclic) bond motifs is 1. The molecule has 2 aliphatic rings. The molecule has 3 N–H and O–H groups in total. The van der Waals surface area contributed by atoms with E-state index in [0.29, 0.717) is 29.1 Å². The summed E-state index contributed by atoms with van der Waals surface area (Å²) in [5.41, 5.74) is 4.52. The number of amides is 1. The Balaban J connectivity index is 1.57. The van der Waals surface area contributed by atoms with E-state index in [-0.39, 0.29) is 17.4 Å². The number of hydrogen-bond acceptors (Lipinski definition) is 5. The first-order valence-electron chi connectivity index (χ1n) is 10.3. The van der Waals surface area contributed by atoms with E-state index >= 15 is 0 Å². The lowest BCUT2D eigenvalue weighted by Gasteiger charge is -2.33. The standard InChI is InChI=1S/C24H22N4O3/c1-14-4-2-5-16(12-14)26-24(31)18-13-25-28-22(15-8-10-17(29)11-9-15)21-19(27-23(18)28)6-3-7-20(21)30/h2,4-5,8-13,22,27,29H,3,6-7H2,1H3,(H,26,31). The molecule has 0 saturated carbocycles. The number of nitrogens with zero attached hydrogens (tertiary/aromatic N) is 2. The van der Waals surface area contributed by atoms with Crippen molar-refractivity contribution < 1.29 is 14.7 Å². The predicted octanol–water partition coefficient (Wildman–Crippen LogP) is 4.17. The Bertz CT molecular complexity index is 1220. The van der Waals surface area contributed by atoms with Gasteiger partial charge in [0.15, 0.2) is 5.78 Å². The number of aromatic nitrogens is 2. The van der Waals surface area contributed by atoms with Crippen LogP contribution in [0.25, 0.3) is 0 Å². The molecule has 2 aromatic carbocycles. The number of ketones is 1. The molecule has 1 amide bonds. The predicted molar refractivity (Wildman–Crippen MR) is 117 cm³/mol. The number of phenolic OH excluding ortho intramolecular Hbond substituents is 1. The molecule has 156 valence electrons. The van der Waals surface area contributed by atoms with E-state index in [1.54, 1.807) is 28.9 Å². The number of hydrogen-bond donors (Lipinski definition) is 3. The maximum atomic E-state index is 13.1. The lowest BCUT2D eigenvalue weighted by molar-refractivity contribution is -0.116. The van der Waals surface area contributed by atoms with Crippen LogP contribution >= 0.6 is 0 Å². The van der Waals surface area contributed by atoms with Gasteiger partial charge in [-0.15, -0.1) is 0 Å². The second-order valence-corrected chi connectivity index (χ2v) is 7.96. The zero-order valence-corrected chi connectivity index (χ0v) is 17.1. The van der Waals surface area contributed by atoms with E-state index in [1.807, 2.05) is 31.2 Å². The summed E-state index contributed by atoms with van der Waals surface area (Å²) in [6, 6.07) is 13.9. The lowest BCUT2D eigenvalue weighted by atomic mass is 9.85.